The Morgan fingerprint density at radius 1 is 1.19 bits per heavy atom. The monoisotopic (exact) mass is 369 g/mol. The number of likely N-dealkylation sites (tertiary alicyclic amines) is 1. The molecule has 1 unspecified atom stereocenters. The average Bonchev–Trinajstić information content (AvgIpc) is 2.69. The van der Waals surface area contributed by atoms with Gasteiger partial charge in [-0.25, -0.2) is 9.37 Å². The summed E-state index contributed by atoms with van der Waals surface area (Å²) in [6.45, 7) is 3.87. The first-order valence-electron chi connectivity index (χ1n) is 9.32. The van der Waals surface area contributed by atoms with E-state index in [1.54, 1.807) is 41.3 Å². The number of aromatic nitrogens is 1. The van der Waals surface area contributed by atoms with Crippen LogP contribution in [-0.4, -0.2) is 41.3 Å². The molecule has 1 aliphatic heterocycles. The van der Waals surface area contributed by atoms with Crippen LogP contribution in [0.15, 0.2) is 42.5 Å². The summed E-state index contributed by atoms with van der Waals surface area (Å²) >= 11 is 0. The zero-order valence-electron chi connectivity index (χ0n) is 15.5. The van der Waals surface area contributed by atoms with Crippen LogP contribution in [0.1, 0.15) is 46.3 Å². The number of carbonyl (C=O) groups is 2. The van der Waals surface area contributed by atoms with Gasteiger partial charge >= 0.3 is 0 Å². The molecule has 0 radical (unpaired) electrons. The largest absolute Gasteiger partial charge is 0.350 e. The van der Waals surface area contributed by atoms with Crippen molar-refractivity contribution < 1.29 is 14.0 Å². The molecule has 2 aromatic rings. The number of pyridine rings is 1. The van der Waals surface area contributed by atoms with E-state index in [1.807, 2.05) is 0 Å². The lowest BCUT2D eigenvalue weighted by atomic mass is 10.00. The van der Waals surface area contributed by atoms with Crippen molar-refractivity contribution in [2.24, 2.45) is 5.92 Å². The van der Waals surface area contributed by atoms with Crippen molar-refractivity contribution in [3.63, 3.8) is 0 Å². The summed E-state index contributed by atoms with van der Waals surface area (Å²) in [5.74, 6) is -0.309. The van der Waals surface area contributed by atoms with Gasteiger partial charge in [0.25, 0.3) is 11.8 Å². The van der Waals surface area contributed by atoms with Gasteiger partial charge in [0, 0.05) is 19.6 Å². The molecule has 0 spiro atoms. The number of rotatable bonds is 5. The molecule has 3 rings (SSSR count). The molecule has 27 heavy (non-hydrogen) atoms. The molecule has 1 saturated heterocycles. The molecule has 142 valence electrons. The third-order valence-electron chi connectivity index (χ3n) is 4.78. The van der Waals surface area contributed by atoms with Crippen LogP contribution in [0, 0.1) is 11.7 Å². The van der Waals surface area contributed by atoms with Crippen molar-refractivity contribution in [1.82, 2.24) is 15.2 Å². The topological polar surface area (TPSA) is 62.3 Å². The average molecular weight is 369 g/mol. The summed E-state index contributed by atoms with van der Waals surface area (Å²) in [6, 6.07) is 11.4. The third kappa shape index (κ3) is 4.90. The van der Waals surface area contributed by atoms with Crippen LogP contribution in [0.4, 0.5) is 4.39 Å². The SMILES string of the molecule is CC1CCCN(C(=O)c2cccc(C(=O)NCCc3ccccc3F)n2)C1. The van der Waals surface area contributed by atoms with Crippen molar-refractivity contribution in [1.29, 1.82) is 0 Å². The highest BCUT2D eigenvalue weighted by Crippen LogP contribution is 2.17. The molecule has 6 heteroatoms. The zero-order chi connectivity index (χ0) is 19.2. The Hall–Kier alpha value is -2.76. The number of hydrogen-bond donors (Lipinski definition) is 1. The van der Waals surface area contributed by atoms with Gasteiger partial charge in [0.15, 0.2) is 0 Å². The fourth-order valence-electron chi connectivity index (χ4n) is 3.32. The summed E-state index contributed by atoms with van der Waals surface area (Å²) < 4.78 is 13.6. The first-order valence-corrected chi connectivity index (χ1v) is 9.32. The van der Waals surface area contributed by atoms with Gasteiger partial charge in [-0.15, -0.1) is 0 Å². The van der Waals surface area contributed by atoms with Gasteiger partial charge in [-0.3, -0.25) is 9.59 Å². The minimum Gasteiger partial charge on any atom is -0.350 e. The van der Waals surface area contributed by atoms with Crippen LogP contribution < -0.4 is 5.32 Å². The molecule has 1 aliphatic rings. The van der Waals surface area contributed by atoms with E-state index in [9.17, 15) is 14.0 Å². The van der Waals surface area contributed by atoms with Crippen molar-refractivity contribution in [2.75, 3.05) is 19.6 Å². The zero-order valence-corrected chi connectivity index (χ0v) is 15.5. The molecular formula is C21H24FN3O2. The third-order valence-corrected chi connectivity index (χ3v) is 4.78. The van der Waals surface area contributed by atoms with Crippen LogP contribution in [0.2, 0.25) is 0 Å². The lowest BCUT2D eigenvalue weighted by Crippen LogP contribution is -2.39. The van der Waals surface area contributed by atoms with E-state index in [1.165, 1.54) is 6.07 Å². The molecule has 1 atom stereocenters. The Balaban J connectivity index is 1.60. The second-order valence-corrected chi connectivity index (χ2v) is 7.00. The Bertz CT molecular complexity index is 825. The summed E-state index contributed by atoms with van der Waals surface area (Å²) in [5.41, 5.74) is 1.03. The fourth-order valence-corrected chi connectivity index (χ4v) is 3.32. The molecule has 0 aliphatic carbocycles. The van der Waals surface area contributed by atoms with E-state index in [-0.39, 0.29) is 29.0 Å². The Morgan fingerprint density at radius 3 is 2.74 bits per heavy atom. The molecular weight excluding hydrogens is 345 g/mol. The van der Waals surface area contributed by atoms with Crippen LogP contribution in [0.3, 0.4) is 0 Å². The summed E-state index contributed by atoms with van der Waals surface area (Å²) in [6.07, 6.45) is 2.51. The first-order chi connectivity index (χ1) is 13.0. The number of hydrogen-bond acceptors (Lipinski definition) is 3. The number of piperidine rings is 1. The van der Waals surface area contributed by atoms with Crippen molar-refractivity contribution in [3.8, 4) is 0 Å². The van der Waals surface area contributed by atoms with Crippen LogP contribution in [-0.2, 0) is 6.42 Å². The maximum atomic E-state index is 13.6. The second-order valence-electron chi connectivity index (χ2n) is 7.00. The predicted molar refractivity (Wildman–Crippen MR) is 101 cm³/mol. The lowest BCUT2D eigenvalue weighted by Gasteiger charge is -2.30. The Kier molecular flexibility index (Phi) is 6.16. The smallest absolute Gasteiger partial charge is 0.272 e. The highest BCUT2D eigenvalue weighted by Gasteiger charge is 2.23. The van der Waals surface area contributed by atoms with E-state index >= 15 is 0 Å². The van der Waals surface area contributed by atoms with E-state index in [0.29, 0.717) is 24.4 Å². The van der Waals surface area contributed by atoms with Crippen LogP contribution >= 0.6 is 0 Å². The lowest BCUT2D eigenvalue weighted by molar-refractivity contribution is 0.0677. The van der Waals surface area contributed by atoms with Gasteiger partial charge in [-0.05, 0) is 48.9 Å². The standard InChI is InChI=1S/C21H24FN3O2/c1-15-6-5-13-25(14-15)21(27)19-10-4-9-18(24-19)20(26)23-12-11-16-7-2-3-8-17(16)22/h2-4,7-10,15H,5-6,11-14H2,1H3,(H,23,26). The van der Waals surface area contributed by atoms with Crippen LogP contribution in [0.25, 0.3) is 0 Å². The number of nitrogens with zero attached hydrogens (tertiary/aromatic N) is 2. The van der Waals surface area contributed by atoms with Gasteiger partial charge in [-0.1, -0.05) is 31.2 Å². The van der Waals surface area contributed by atoms with E-state index in [4.69, 9.17) is 0 Å². The number of halogens is 1. The van der Waals surface area contributed by atoms with Crippen molar-refractivity contribution in [2.45, 2.75) is 26.2 Å². The molecule has 2 heterocycles. The fraction of sp³-hybridized carbons (Fsp3) is 0.381. The van der Waals surface area contributed by atoms with Gasteiger partial charge in [0.05, 0.1) is 0 Å². The summed E-state index contributed by atoms with van der Waals surface area (Å²) in [7, 11) is 0. The minimum absolute atomic E-state index is 0.137. The maximum Gasteiger partial charge on any atom is 0.272 e. The van der Waals surface area contributed by atoms with Crippen molar-refractivity contribution in [3.05, 3.63) is 65.2 Å². The molecule has 0 bridgehead atoms. The quantitative estimate of drug-likeness (QED) is 0.881. The van der Waals surface area contributed by atoms with Crippen LogP contribution in [0.5, 0.6) is 0 Å². The maximum absolute atomic E-state index is 13.6. The summed E-state index contributed by atoms with van der Waals surface area (Å²) in [4.78, 5) is 31.0. The molecule has 1 N–H and O–H groups in total. The molecule has 1 aromatic carbocycles. The van der Waals surface area contributed by atoms with Gasteiger partial charge in [-0.2, -0.15) is 0 Å². The highest BCUT2D eigenvalue weighted by atomic mass is 19.1. The first kappa shape index (κ1) is 19.0. The van der Waals surface area contributed by atoms with Gasteiger partial charge in [0.2, 0.25) is 0 Å². The van der Waals surface area contributed by atoms with E-state index in [2.05, 4.69) is 17.2 Å². The highest BCUT2D eigenvalue weighted by molar-refractivity contribution is 5.96. The normalized spacial score (nSPS) is 16.8. The van der Waals surface area contributed by atoms with E-state index < -0.39 is 0 Å². The number of amides is 2. The Morgan fingerprint density at radius 2 is 1.96 bits per heavy atom. The van der Waals surface area contributed by atoms with Gasteiger partial charge < -0.3 is 10.2 Å². The van der Waals surface area contributed by atoms with E-state index in [0.717, 1.165) is 25.9 Å². The molecule has 0 saturated carbocycles. The number of carbonyl (C=O) groups excluding carboxylic acids is 2. The molecule has 2 amide bonds. The number of nitrogens with one attached hydrogen (secondary N) is 1. The number of benzene rings is 1. The second kappa shape index (κ2) is 8.75. The predicted octanol–water partition coefficient (Wildman–Crippen LogP) is 3.07. The summed E-state index contributed by atoms with van der Waals surface area (Å²) in [5, 5.41) is 2.73. The molecule has 1 aromatic heterocycles. The molecule has 1 fully saturated rings. The molecule has 5 nitrogen and oxygen atoms in total. The van der Waals surface area contributed by atoms with Crippen molar-refractivity contribution >= 4 is 11.8 Å². The minimum atomic E-state index is -0.368. The van der Waals surface area contributed by atoms with Gasteiger partial charge in [0.1, 0.15) is 17.2 Å². The Labute approximate surface area is 158 Å².